The third-order valence-corrected chi connectivity index (χ3v) is 4.33. The van der Waals surface area contributed by atoms with E-state index in [1.807, 2.05) is 0 Å². The van der Waals surface area contributed by atoms with Crippen LogP contribution in [0.25, 0.3) is 0 Å². The molecule has 1 saturated heterocycles. The first kappa shape index (κ1) is 20.7. The van der Waals surface area contributed by atoms with Gasteiger partial charge in [0, 0.05) is 32.7 Å². The smallest absolute Gasteiger partial charge is 0.193 e. The molecule has 0 amide bonds. The van der Waals surface area contributed by atoms with E-state index >= 15 is 0 Å². The van der Waals surface area contributed by atoms with Crippen LogP contribution in [-0.2, 0) is 22.6 Å². The van der Waals surface area contributed by atoms with Gasteiger partial charge in [-0.05, 0) is 45.2 Å². The van der Waals surface area contributed by atoms with Gasteiger partial charge in [-0.2, -0.15) is 0 Å². The largest absolute Gasteiger partial charge is 0.381 e. The molecule has 0 bridgehead atoms. The lowest BCUT2D eigenvalue weighted by Crippen LogP contribution is -2.41. The van der Waals surface area contributed by atoms with E-state index in [1.165, 1.54) is 11.1 Å². The van der Waals surface area contributed by atoms with Gasteiger partial charge in [-0.15, -0.1) is 0 Å². The van der Waals surface area contributed by atoms with Gasteiger partial charge in [-0.3, -0.25) is 0 Å². The molecule has 1 atom stereocenters. The van der Waals surface area contributed by atoms with Gasteiger partial charge in [0.05, 0.1) is 25.4 Å². The summed E-state index contributed by atoms with van der Waals surface area (Å²) in [6, 6.07) is 8.50. The molecule has 1 aromatic rings. The van der Waals surface area contributed by atoms with E-state index in [0.717, 1.165) is 38.7 Å². The van der Waals surface area contributed by atoms with Crippen molar-refractivity contribution in [3.8, 4) is 0 Å². The highest BCUT2D eigenvalue weighted by Crippen LogP contribution is 2.15. The Bertz CT molecular complexity index is 575. The molecule has 146 valence electrons. The molecule has 2 rings (SSSR count). The first-order chi connectivity index (χ1) is 12.4. The molecule has 0 saturated carbocycles. The van der Waals surface area contributed by atoms with Gasteiger partial charge in [0.2, 0.25) is 0 Å². The SMILES string of the molecule is CCNC(=NCc1cccc(COC(C)(C)C)c1)N(C)CC1CCOC1. The van der Waals surface area contributed by atoms with Gasteiger partial charge >= 0.3 is 0 Å². The van der Waals surface area contributed by atoms with Gasteiger partial charge in [-0.1, -0.05) is 24.3 Å². The van der Waals surface area contributed by atoms with Crippen LogP contribution < -0.4 is 5.32 Å². The fraction of sp³-hybridized carbons (Fsp3) is 0.667. The Morgan fingerprint density at radius 2 is 2.12 bits per heavy atom. The van der Waals surface area contributed by atoms with Crippen LogP contribution in [0.1, 0.15) is 45.2 Å². The summed E-state index contributed by atoms with van der Waals surface area (Å²) in [7, 11) is 2.10. The van der Waals surface area contributed by atoms with Gasteiger partial charge in [0.1, 0.15) is 0 Å². The second-order valence-corrected chi connectivity index (χ2v) is 8.00. The van der Waals surface area contributed by atoms with Crippen LogP contribution in [0.5, 0.6) is 0 Å². The second-order valence-electron chi connectivity index (χ2n) is 8.00. The Balaban J connectivity index is 1.97. The lowest BCUT2D eigenvalue weighted by atomic mass is 10.1. The predicted octanol–water partition coefficient (Wildman–Crippen LogP) is 3.44. The van der Waals surface area contributed by atoms with Crippen molar-refractivity contribution >= 4 is 5.96 Å². The number of hydrogen-bond acceptors (Lipinski definition) is 3. The maximum atomic E-state index is 5.88. The molecule has 5 nitrogen and oxygen atoms in total. The normalized spacial score (nSPS) is 18.2. The second kappa shape index (κ2) is 9.93. The van der Waals surface area contributed by atoms with Crippen LogP contribution in [0, 0.1) is 5.92 Å². The highest BCUT2D eigenvalue weighted by Gasteiger charge is 2.19. The molecule has 1 N–H and O–H groups in total. The van der Waals surface area contributed by atoms with E-state index in [0.29, 0.717) is 19.1 Å². The van der Waals surface area contributed by atoms with E-state index in [4.69, 9.17) is 14.5 Å². The zero-order valence-corrected chi connectivity index (χ0v) is 17.0. The van der Waals surface area contributed by atoms with Crippen LogP contribution >= 0.6 is 0 Å². The Kier molecular flexibility index (Phi) is 7.91. The number of nitrogens with one attached hydrogen (secondary N) is 1. The molecule has 1 unspecified atom stereocenters. The summed E-state index contributed by atoms with van der Waals surface area (Å²) < 4.78 is 11.4. The van der Waals surface area contributed by atoms with Crippen molar-refractivity contribution in [3.63, 3.8) is 0 Å². The minimum atomic E-state index is -0.126. The van der Waals surface area contributed by atoms with E-state index in [-0.39, 0.29) is 5.60 Å². The lowest BCUT2D eigenvalue weighted by molar-refractivity contribution is -0.0149. The molecule has 26 heavy (non-hydrogen) atoms. The van der Waals surface area contributed by atoms with Crippen molar-refractivity contribution in [2.75, 3.05) is 33.4 Å². The number of aliphatic imine (C=N–C) groups is 1. The Labute approximate surface area is 158 Å². The maximum Gasteiger partial charge on any atom is 0.193 e. The molecule has 1 aromatic carbocycles. The number of benzene rings is 1. The van der Waals surface area contributed by atoms with Gasteiger partial charge in [0.25, 0.3) is 0 Å². The fourth-order valence-corrected chi connectivity index (χ4v) is 2.95. The number of rotatable bonds is 7. The Morgan fingerprint density at radius 1 is 1.35 bits per heavy atom. The van der Waals surface area contributed by atoms with Crippen LogP contribution in [0.15, 0.2) is 29.3 Å². The molecule has 1 fully saturated rings. The van der Waals surface area contributed by atoms with Crippen LogP contribution in [0.4, 0.5) is 0 Å². The van der Waals surface area contributed by atoms with Crippen LogP contribution in [-0.4, -0.2) is 49.8 Å². The minimum Gasteiger partial charge on any atom is -0.381 e. The van der Waals surface area contributed by atoms with E-state index in [2.05, 4.69) is 69.2 Å². The zero-order chi connectivity index (χ0) is 19.0. The molecule has 0 spiro atoms. The Hall–Kier alpha value is -1.59. The zero-order valence-electron chi connectivity index (χ0n) is 17.0. The summed E-state index contributed by atoms with van der Waals surface area (Å²) >= 11 is 0. The van der Waals surface area contributed by atoms with Crippen LogP contribution in [0.2, 0.25) is 0 Å². The first-order valence-corrected chi connectivity index (χ1v) is 9.66. The molecular formula is C21H35N3O2. The summed E-state index contributed by atoms with van der Waals surface area (Å²) in [6.07, 6.45) is 1.14. The monoisotopic (exact) mass is 361 g/mol. The summed E-state index contributed by atoms with van der Waals surface area (Å²) in [6.45, 7) is 13.2. The number of nitrogens with zero attached hydrogens (tertiary/aromatic N) is 2. The van der Waals surface area contributed by atoms with Gasteiger partial charge in [-0.25, -0.2) is 4.99 Å². The molecule has 5 heteroatoms. The van der Waals surface area contributed by atoms with Crippen molar-refractivity contribution in [1.82, 2.24) is 10.2 Å². The average molecular weight is 362 g/mol. The number of guanidine groups is 1. The van der Waals surface area contributed by atoms with Gasteiger partial charge in [0.15, 0.2) is 5.96 Å². The number of ether oxygens (including phenoxy) is 2. The maximum absolute atomic E-state index is 5.88. The molecule has 1 aliphatic heterocycles. The molecule has 1 aliphatic rings. The summed E-state index contributed by atoms with van der Waals surface area (Å²) in [4.78, 5) is 7.04. The third-order valence-electron chi connectivity index (χ3n) is 4.33. The standard InChI is InChI=1S/C21H35N3O2/c1-6-22-20(24(5)14-19-10-11-25-15-19)23-13-17-8-7-9-18(12-17)16-26-21(2,3)4/h7-9,12,19H,6,10-11,13-16H2,1-5H3,(H,22,23). The van der Waals surface area contributed by atoms with Crippen molar-refractivity contribution in [1.29, 1.82) is 0 Å². The van der Waals surface area contributed by atoms with E-state index < -0.39 is 0 Å². The fourth-order valence-electron chi connectivity index (χ4n) is 2.95. The summed E-state index contributed by atoms with van der Waals surface area (Å²) in [5, 5.41) is 3.40. The van der Waals surface area contributed by atoms with Crippen molar-refractivity contribution in [2.24, 2.45) is 10.9 Å². The Morgan fingerprint density at radius 3 is 2.77 bits per heavy atom. The van der Waals surface area contributed by atoms with E-state index in [1.54, 1.807) is 0 Å². The first-order valence-electron chi connectivity index (χ1n) is 9.66. The number of hydrogen-bond donors (Lipinski definition) is 1. The predicted molar refractivity (Wildman–Crippen MR) is 107 cm³/mol. The van der Waals surface area contributed by atoms with Crippen molar-refractivity contribution in [3.05, 3.63) is 35.4 Å². The van der Waals surface area contributed by atoms with E-state index in [9.17, 15) is 0 Å². The quantitative estimate of drug-likeness (QED) is 0.597. The highest BCUT2D eigenvalue weighted by atomic mass is 16.5. The minimum absolute atomic E-state index is 0.126. The molecule has 0 aromatic heterocycles. The average Bonchev–Trinajstić information content (AvgIpc) is 3.09. The van der Waals surface area contributed by atoms with Gasteiger partial charge < -0.3 is 19.7 Å². The molecule has 0 radical (unpaired) electrons. The molecular weight excluding hydrogens is 326 g/mol. The third kappa shape index (κ3) is 7.34. The van der Waals surface area contributed by atoms with Crippen molar-refractivity contribution < 1.29 is 9.47 Å². The topological polar surface area (TPSA) is 46.1 Å². The highest BCUT2D eigenvalue weighted by molar-refractivity contribution is 5.79. The summed E-state index contributed by atoms with van der Waals surface area (Å²) in [5.41, 5.74) is 2.26. The molecule has 0 aliphatic carbocycles. The molecule has 1 heterocycles. The van der Waals surface area contributed by atoms with Crippen LogP contribution in [0.3, 0.4) is 0 Å². The summed E-state index contributed by atoms with van der Waals surface area (Å²) in [5.74, 6) is 1.55. The lowest BCUT2D eigenvalue weighted by Gasteiger charge is -2.24. The van der Waals surface area contributed by atoms with Crippen molar-refractivity contribution in [2.45, 2.75) is 52.9 Å².